The molecule has 0 bridgehead atoms. The van der Waals surface area contributed by atoms with Gasteiger partial charge in [-0.3, -0.25) is 13.9 Å². The lowest BCUT2D eigenvalue weighted by Gasteiger charge is -2.33. The molecule has 0 heterocycles. The first-order chi connectivity index (χ1) is 18.4. The van der Waals surface area contributed by atoms with Gasteiger partial charge in [0.15, 0.2) is 0 Å². The van der Waals surface area contributed by atoms with Gasteiger partial charge in [0, 0.05) is 29.2 Å². The normalized spacial score (nSPS) is 12.1. The quantitative estimate of drug-likeness (QED) is 0.283. The van der Waals surface area contributed by atoms with E-state index in [2.05, 4.69) is 5.32 Å². The Morgan fingerprint density at radius 1 is 0.897 bits per heavy atom. The Bertz CT molecular complexity index is 1450. The number of amides is 2. The van der Waals surface area contributed by atoms with E-state index in [0.29, 0.717) is 15.6 Å². The number of carbonyl (C=O) groups excluding carboxylic acids is 2. The zero-order valence-corrected chi connectivity index (χ0v) is 25.3. The number of halogens is 4. The zero-order chi connectivity index (χ0) is 28.9. The van der Waals surface area contributed by atoms with Crippen molar-refractivity contribution in [2.24, 2.45) is 0 Å². The smallest absolute Gasteiger partial charge is 0.264 e. The SMILES string of the molecule is CC[C@@H](C(=O)NC)N(Cc1c(Cl)cccc1Cl)C(=O)CN(c1cccc(Cl)c1Cl)S(=O)(=O)c1ccc(C)cc1. The summed E-state index contributed by atoms with van der Waals surface area (Å²) in [5.41, 5.74) is 1.29. The Labute approximate surface area is 248 Å². The van der Waals surface area contributed by atoms with E-state index in [4.69, 9.17) is 46.4 Å². The molecule has 2 amide bonds. The first-order valence-corrected chi connectivity index (χ1v) is 14.8. The van der Waals surface area contributed by atoms with Crippen LogP contribution in [0.4, 0.5) is 5.69 Å². The van der Waals surface area contributed by atoms with E-state index in [1.54, 1.807) is 37.3 Å². The summed E-state index contributed by atoms with van der Waals surface area (Å²) in [6, 6.07) is 14.7. The molecule has 3 aromatic rings. The topological polar surface area (TPSA) is 86.8 Å². The molecule has 12 heteroatoms. The van der Waals surface area contributed by atoms with Gasteiger partial charge in [-0.15, -0.1) is 0 Å². The third-order valence-electron chi connectivity index (χ3n) is 6.11. The molecule has 1 atom stereocenters. The van der Waals surface area contributed by atoms with Gasteiger partial charge in [-0.2, -0.15) is 0 Å². The third kappa shape index (κ3) is 6.99. The van der Waals surface area contributed by atoms with E-state index in [1.807, 2.05) is 6.92 Å². The average molecular weight is 631 g/mol. The lowest BCUT2D eigenvalue weighted by atomic mass is 10.1. The number of aryl methyl sites for hydroxylation is 1. The van der Waals surface area contributed by atoms with Gasteiger partial charge in [0.1, 0.15) is 12.6 Å². The van der Waals surface area contributed by atoms with Gasteiger partial charge in [0.25, 0.3) is 10.0 Å². The number of nitrogens with zero attached hydrogens (tertiary/aromatic N) is 2. The van der Waals surface area contributed by atoms with Crippen molar-refractivity contribution in [3.05, 3.63) is 91.9 Å². The van der Waals surface area contributed by atoms with E-state index in [9.17, 15) is 18.0 Å². The summed E-state index contributed by atoms with van der Waals surface area (Å²) >= 11 is 25.4. The number of rotatable bonds is 10. The van der Waals surface area contributed by atoms with Crippen molar-refractivity contribution in [2.75, 3.05) is 17.9 Å². The maximum atomic E-state index is 14.0. The molecule has 0 aliphatic carbocycles. The molecule has 0 aliphatic heterocycles. The lowest BCUT2D eigenvalue weighted by Crippen LogP contribution is -2.51. The fourth-order valence-electron chi connectivity index (χ4n) is 3.98. The van der Waals surface area contributed by atoms with Gasteiger partial charge in [0.05, 0.1) is 20.6 Å². The van der Waals surface area contributed by atoms with E-state index < -0.39 is 34.4 Å². The van der Waals surface area contributed by atoms with Crippen LogP contribution in [0.2, 0.25) is 20.1 Å². The first kappa shape index (κ1) is 31.0. The predicted octanol–water partition coefficient (Wildman–Crippen LogP) is 6.36. The minimum atomic E-state index is -4.30. The molecule has 0 aromatic heterocycles. The molecular formula is C27H27Cl4N3O4S. The maximum absolute atomic E-state index is 14.0. The van der Waals surface area contributed by atoms with Gasteiger partial charge in [-0.05, 0) is 49.7 Å². The van der Waals surface area contributed by atoms with Crippen LogP contribution in [0, 0.1) is 6.92 Å². The summed E-state index contributed by atoms with van der Waals surface area (Å²) in [6.45, 7) is 2.76. The molecule has 0 saturated carbocycles. The van der Waals surface area contributed by atoms with Crippen LogP contribution in [0.25, 0.3) is 0 Å². The third-order valence-corrected chi connectivity index (χ3v) is 9.40. The van der Waals surface area contributed by atoms with Gasteiger partial charge in [-0.1, -0.05) is 83.2 Å². The monoisotopic (exact) mass is 629 g/mol. The molecule has 0 fully saturated rings. The fourth-order valence-corrected chi connectivity index (χ4v) is 6.37. The highest BCUT2D eigenvalue weighted by Gasteiger charge is 2.35. The molecule has 0 radical (unpaired) electrons. The van der Waals surface area contributed by atoms with Crippen LogP contribution < -0.4 is 9.62 Å². The molecular weight excluding hydrogens is 604 g/mol. The van der Waals surface area contributed by atoms with Gasteiger partial charge in [0.2, 0.25) is 11.8 Å². The van der Waals surface area contributed by atoms with Crippen LogP contribution >= 0.6 is 46.4 Å². The summed E-state index contributed by atoms with van der Waals surface area (Å²) in [4.78, 5) is 28.0. The van der Waals surface area contributed by atoms with Crippen molar-refractivity contribution in [1.29, 1.82) is 0 Å². The van der Waals surface area contributed by atoms with Crippen LogP contribution in [0.1, 0.15) is 24.5 Å². The summed E-state index contributed by atoms with van der Waals surface area (Å²) in [7, 11) is -2.84. The van der Waals surface area contributed by atoms with E-state index in [1.165, 1.54) is 42.3 Å². The Morgan fingerprint density at radius 2 is 1.46 bits per heavy atom. The largest absolute Gasteiger partial charge is 0.357 e. The second-order valence-electron chi connectivity index (χ2n) is 8.66. The average Bonchev–Trinajstić information content (AvgIpc) is 2.90. The molecule has 7 nitrogen and oxygen atoms in total. The lowest BCUT2D eigenvalue weighted by molar-refractivity contribution is -0.140. The van der Waals surface area contributed by atoms with Crippen LogP contribution in [0.3, 0.4) is 0 Å². The molecule has 0 aliphatic rings. The van der Waals surface area contributed by atoms with E-state index in [-0.39, 0.29) is 33.6 Å². The number of carbonyl (C=O) groups is 2. The van der Waals surface area contributed by atoms with Crippen LogP contribution in [0.15, 0.2) is 65.6 Å². The number of sulfonamides is 1. The Kier molecular flexibility index (Phi) is 10.5. The fraction of sp³-hybridized carbons (Fsp3) is 0.259. The molecule has 3 aromatic carbocycles. The summed E-state index contributed by atoms with van der Waals surface area (Å²) in [5.74, 6) is -1.10. The standard InChI is InChI=1S/C27H27Cl4N3O4S/c1-4-23(27(36)32-3)33(15-19-20(28)7-5-8-21(19)29)25(35)16-34(24-10-6-9-22(30)26(24)31)39(37,38)18-13-11-17(2)12-14-18/h5-14,23H,4,15-16H2,1-3H3,(H,32,36)/t23-/m0/s1. The highest BCUT2D eigenvalue weighted by atomic mass is 35.5. The van der Waals surface area contributed by atoms with Gasteiger partial charge in [-0.25, -0.2) is 8.42 Å². The predicted molar refractivity (Wildman–Crippen MR) is 157 cm³/mol. The number of hydrogen-bond donors (Lipinski definition) is 1. The Balaban J connectivity index is 2.14. The number of anilines is 1. The van der Waals surface area contributed by atoms with Crippen molar-refractivity contribution >= 4 is 73.9 Å². The minimum absolute atomic E-state index is 0.0156. The van der Waals surface area contributed by atoms with Crippen molar-refractivity contribution in [2.45, 2.75) is 37.8 Å². The van der Waals surface area contributed by atoms with Crippen molar-refractivity contribution in [3.63, 3.8) is 0 Å². The second-order valence-corrected chi connectivity index (χ2v) is 12.1. The highest BCUT2D eigenvalue weighted by Crippen LogP contribution is 2.36. The number of hydrogen-bond acceptors (Lipinski definition) is 4. The maximum Gasteiger partial charge on any atom is 0.264 e. The Morgan fingerprint density at radius 3 is 2.03 bits per heavy atom. The zero-order valence-electron chi connectivity index (χ0n) is 21.4. The number of likely N-dealkylation sites (N-methyl/N-ethyl adjacent to an activating group) is 1. The minimum Gasteiger partial charge on any atom is -0.357 e. The molecule has 39 heavy (non-hydrogen) atoms. The summed E-state index contributed by atoms with van der Waals surface area (Å²) in [6.07, 6.45) is 0.246. The second kappa shape index (κ2) is 13.2. The van der Waals surface area contributed by atoms with Gasteiger partial charge < -0.3 is 10.2 Å². The van der Waals surface area contributed by atoms with Crippen molar-refractivity contribution in [3.8, 4) is 0 Å². The molecule has 0 spiro atoms. The van der Waals surface area contributed by atoms with Crippen LogP contribution in [0.5, 0.6) is 0 Å². The molecule has 208 valence electrons. The molecule has 0 unspecified atom stereocenters. The number of benzene rings is 3. The summed E-state index contributed by atoms with van der Waals surface area (Å²) < 4.78 is 28.7. The van der Waals surface area contributed by atoms with Crippen molar-refractivity contribution < 1.29 is 18.0 Å². The number of nitrogens with one attached hydrogen (secondary N) is 1. The molecule has 1 N–H and O–H groups in total. The van der Waals surface area contributed by atoms with Crippen LogP contribution in [-0.2, 0) is 26.2 Å². The van der Waals surface area contributed by atoms with Gasteiger partial charge >= 0.3 is 0 Å². The molecule has 0 saturated heterocycles. The molecule has 3 rings (SSSR count). The Hall–Kier alpha value is -2.49. The first-order valence-electron chi connectivity index (χ1n) is 11.9. The summed E-state index contributed by atoms with van der Waals surface area (Å²) in [5, 5.41) is 3.23. The highest BCUT2D eigenvalue weighted by molar-refractivity contribution is 7.92. The van der Waals surface area contributed by atoms with Crippen LogP contribution in [-0.4, -0.2) is 44.8 Å². The van der Waals surface area contributed by atoms with E-state index >= 15 is 0 Å². The van der Waals surface area contributed by atoms with E-state index in [0.717, 1.165) is 9.87 Å². The van der Waals surface area contributed by atoms with Crippen molar-refractivity contribution in [1.82, 2.24) is 10.2 Å².